The molecule has 5 rings (SSSR count). The van der Waals surface area contributed by atoms with Crippen molar-refractivity contribution in [1.29, 1.82) is 0 Å². The number of imidazole rings is 1. The average molecular weight is 421 g/mol. The van der Waals surface area contributed by atoms with Crippen LogP contribution in [0.15, 0.2) is 84.1 Å². The fourth-order valence-corrected chi connectivity index (χ4v) is 3.62. The van der Waals surface area contributed by atoms with Gasteiger partial charge in [0.05, 0.1) is 5.52 Å². The first-order chi connectivity index (χ1) is 15.7. The molecule has 1 aliphatic rings. The Balaban J connectivity index is 1.34. The van der Waals surface area contributed by atoms with Gasteiger partial charge in [0.15, 0.2) is 5.78 Å². The molecule has 2 aromatic heterocycles. The lowest BCUT2D eigenvalue weighted by atomic mass is 10.0. The minimum Gasteiger partial charge on any atom is -0.324 e. The maximum absolute atomic E-state index is 12.8. The van der Waals surface area contributed by atoms with Crippen LogP contribution < -0.4 is 5.32 Å². The SMILES string of the molecule is O=C(Nc1nc2c(C(=O)CC3=NC=CC3)cccc2[nH]1)c1ccc(-c2ccccc2)cn1. The molecule has 3 heterocycles. The van der Waals surface area contributed by atoms with Gasteiger partial charge >= 0.3 is 0 Å². The van der Waals surface area contributed by atoms with Crippen molar-refractivity contribution in [2.45, 2.75) is 12.8 Å². The first kappa shape index (κ1) is 19.6. The molecule has 0 spiro atoms. The lowest BCUT2D eigenvalue weighted by Crippen LogP contribution is -2.14. The molecule has 0 saturated carbocycles. The number of ketones is 1. The molecule has 0 atom stereocenters. The number of aromatic nitrogens is 3. The fraction of sp³-hybridized carbons (Fsp3) is 0.0800. The molecular weight excluding hydrogens is 402 g/mol. The summed E-state index contributed by atoms with van der Waals surface area (Å²) < 4.78 is 0. The summed E-state index contributed by atoms with van der Waals surface area (Å²) in [5.74, 6) is -0.178. The van der Waals surface area contributed by atoms with Gasteiger partial charge in [-0.25, -0.2) is 4.98 Å². The van der Waals surface area contributed by atoms with Crippen molar-refractivity contribution in [1.82, 2.24) is 15.0 Å². The van der Waals surface area contributed by atoms with E-state index in [4.69, 9.17) is 0 Å². The van der Waals surface area contributed by atoms with E-state index < -0.39 is 0 Å². The number of hydrogen-bond donors (Lipinski definition) is 2. The van der Waals surface area contributed by atoms with E-state index in [-0.39, 0.29) is 29.8 Å². The van der Waals surface area contributed by atoms with Crippen molar-refractivity contribution in [3.05, 3.63) is 90.4 Å². The zero-order valence-electron chi connectivity index (χ0n) is 17.1. The lowest BCUT2D eigenvalue weighted by molar-refractivity contribution is 0.0998. The van der Waals surface area contributed by atoms with Crippen molar-refractivity contribution in [3.8, 4) is 11.1 Å². The minimum atomic E-state index is -0.386. The molecule has 156 valence electrons. The molecule has 4 aromatic rings. The van der Waals surface area contributed by atoms with E-state index in [1.807, 2.05) is 48.5 Å². The number of H-pyrrole nitrogens is 1. The van der Waals surface area contributed by atoms with Gasteiger partial charge in [-0.15, -0.1) is 0 Å². The van der Waals surface area contributed by atoms with Gasteiger partial charge in [0.2, 0.25) is 5.95 Å². The van der Waals surface area contributed by atoms with Crippen molar-refractivity contribution in [2.75, 3.05) is 5.32 Å². The molecule has 0 bridgehead atoms. The van der Waals surface area contributed by atoms with Crippen molar-refractivity contribution >= 4 is 34.4 Å². The number of nitrogens with zero attached hydrogens (tertiary/aromatic N) is 3. The number of carbonyl (C=O) groups is 2. The molecule has 0 fully saturated rings. The quantitative estimate of drug-likeness (QED) is 0.436. The van der Waals surface area contributed by atoms with Crippen LogP contribution in [-0.2, 0) is 0 Å². The molecule has 2 N–H and O–H groups in total. The highest BCUT2D eigenvalue weighted by Crippen LogP contribution is 2.22. The Hall–Kier alpha value is -4.39. The van der Waals surface area contributed by atoms with E-state index in [9.17, 15) is 9.59 Å². The van der Waals surface area contributed by atoms with E-state index in [1.165, 1.54) is 0 Å². The second-order valence-electron chi connectivity index (χ2n) is 7.42. The summed E-state index contributed by atoms with van der Waals surface area (Å²) in [5, 5.41) is 2.73. The Morgan fingerprint density at radius 1 is 0.969 bits per heavy atom. The molecule has 7 heteroatoms. The fourth-order valence-electron chi connectivity index (χ4n) is 3.62. The molecule has 0 saturated heterocycles. The van der Waals surface area contributed by atoms with Gasteiger partial charge in [0.1, 0.15) is 11.2 Å². The molecule has 2 aromatic carbocycles. The number of Topliss-reactive ketones (excluding diaryl/α,β-unsaturated/α-hetero) is 1. The number of para-hydroxylation sites is 1. The summed E-state index contributed by atoms with van der Waals surface area (Å²) in [6.07, 6.45) is 6.25. The third kappa shape index (κ3) is 3.96. The van der Waals surface area contributed by atoms with Crippen LogP contribution in [-0.4, -0.2) is 32.4 Å². The summed E-state index contributed by atoms with van der Waals surface area (Å²) in [6, 6.07) is 18.7. The normalized spacial score (nSPS) is 12.7. The molecule has 1 aliphatic heterocycles. The highest BCUT2D eigenvalue weighted by Gasteiger charge is 2.17. The smallest absolute Gasteiger partial charge is 0.276 e. The van der Waals surface area contributed by atoms with Crippen LogP contribution in [0.25, 0.3) is 22.2 Å². The van der Waals surface area contributed by atoms with Crippen molar-refractivity contribution < 1.29 is 9.59 Å². The Labute approximate surface area is 184 Å². The second kappa shape index (κ2) is 8.39. The van der Waals surface area contributed by atoms with E-state index in [0.717, 1.165) is 16.8 Å². The predicted octanol–water partition coefficient (Wildman–Crippen LogP) is 4.81. The monoisotopic (exact) mass is 421 g/mol. The second-order valence-corrected chi connectivity index (χ2v) is 7.42. The predicted molar refractivity (Wildman–Crippen MR) is 124 cm³/mol. The Kier molecular flexibility index (Phi) is 5.13. The number of allylic oxidation sites excluding steroid dienone is 1. The molecule has 32 heavy (non-hydrogen) atoms. The molecule has 7 nitrogen and oxygen atoms in total. The minimum absolute atomic E-state index is 0.0550. The summed E-state index contributed by atoms with van der Waals surface area (Å²) in [4.78, 5) is 41.4. The zero-order chi connectivity index (χ0) is 21.9. The number of rotatable bonds is 6. The third-order valence-electron chi connectivity index (χ3n) is 5.23. The van der Waals surface area contributed by atoms with Gasteiger partial charge in [-0.3, -0.25) is 24.9 Å². The van der Waals surface area contributed by atoms with E-state index in [0.29, 0.717) is 23.0 Å². The standard InChI is InChI=1S/C25H19N5O2/c31-22(14-18-8-5-13-26-18)19-9-4-10-20-23(19)29-25(28-20)30-24(32)21-12-11-17(15-27-21)16-6-2-1-3-7-16/h1-7,9-13,15H,8,14H2,(H2,28,29,30,32). The van der Waals surface area contributed by atoms with Crippen LogP contribution in [0.3, 0.4) is 0 Å². The number of amides is 1. The third-order valence-corrected chi connectivity index (χ3v) is 5.23. The van der Waals surface area contributed by atoms with Crippen LogP contribution in [0, 0.1) is 0 Å². The van der Waals surface area contributed by atoms with Gasteiger partial charge in [-0.1, -0.05) is 48.5 Å². The molecule has 1 amide bonds. The molecular formula is C25H19N5O2. The maximum Gasteiger partial charge on any atom is 0.276 e. The average Bonchev–Trinajstić information content (AvgIpc) is 3.48. The number of nitrogens with one attached hydrogen (secondary N) is 2. The van der Waals surface area contributed by atoms with Crippen LogP contribution in [0.5, 0.6) is 0 Å². The Morgan fingerprint density at radius 2 is 1.84 bits per heavy atom. The number of benzene rings is 2. The number of hydrogen-bond acceptors (Lipinski definition) is 5. The van der Waals surface area contributed by atoms with Crippen molar-refractivity contribution in [3.63, 3.8) is 0 Å². The molecule has 0 aliphatic carbocycles. The topological polar surface area (TPSA) is 100 Å². The van der Waals surface area contributed by atoms with Crippen molar-refractivity contribution in [2.24, 2.45) is 4.99 Å². The number of pyridine rings is 1. The zero-order valence-corrected chi connectivity index (χ0v) is 17.1. The Bertz CT molecular complexity index is 1370. The maximum atomic E-state index is 12.8. The van der Waals surface area contributed by atoms with Gasteiger partial charge < -0.3 is 4.98 Å². The first-order valence-corrected chi connectivity index (χ1v) is 10.2. The van der Waals surface area contributed by atoms with Gasteiger partial charge in [0, 0.05) is 42.1 Å². The Morgan fingerprint density at radius 3 is 2.59 bits per heavy atom. The number of anilines is 1. The van der Waals surface area contributed by atoms with Gasteiger partial charge in [0.25, 0.3) is 5.91 Å². The van der Waals surface area contributed by atoms with Gasteiger partial charge in [-0.05, 0) is 23.8 Å². The number of aliphatic imine (C=N–C) groups is 1. The van der Waals surface area contributed by atoms with E-state index >= 15 is 0 Å². The summed E-state index contributed by atoms with van der Waals surface area (Å²) in [7, 11) is 0. The highest BCUT2D eigenvalue weighted by atomic mass is 16.2. The number of aromatic amines is 1. The first-order valence-electron chi connectivity index (χ1n) is 10.2. The largest absolute Gasteiger partial charge is 0.324 e. The highest BCUT2D eigenvalue weighted by molar-refractivity contribution is 6.15. The lowest BCUT2D eigenvalue weighted by Gasteiger charge is -2.04. The molecule has 0 unspecified atom stereocenters. The number of carbonyl (C=O) groups excluding carboxylic acids is 2. The summed E-state index contributed by atoms with van der Waals surface area (Å²) in [5.41, 5.74) is 4.75. The van der Waals surface area contributed by atoms with Crippen LogP contribution in [0.1, 0.15) is 33.7 Å². The van der Waals surface area contributed by atoms with Crippen LogP contribution in [0.2, 0.25) is 0 Å². The van der Waals surface area contributed by atoms with Crippen LogP contribution >= 0.6 is 0 Å². The van der Waals surface area contributed by atoms with Crippen LogP contribution in [0.4, 0.5) is 5.95 Å². The van der Waals surface area contributed by atoms with E-state index in [2.05, 4.69) is 25.3 Å². The summed E-state index contributed by atoms with van der Waals surface area (Å²) >= 11 is 0. The summed E-state index contributed by atoms with van der Waals surface area (Å²) in [6.45, 7) is 0. The molecule has 0 radical (unpaired) electrons. The number of fused-ring (bicyclic) bond motifs is 1. The van der Waals surface area contributed by atoms with E-state index in [1.54, 1.807) is 30.6 Å². The van der Waals surface area contributed by atoms with Gasteiger partial charge in [-0.2, -0.15) is 0 Å².